The smallest absolute Gasteiger partial charge is 0.0684 e. The lowest BCUT2D eigenvalue weighted by Gasteiger charge is -2.14. The van der Waals surface area contributed by atoms with Crippen LogP contribution in [0, 0.1) is 16.7 Å². The maximum absolute atomic E-state index is 8.75. The molecule has 0 fully saturated rings. The molecule has 0 atom stereocenters. The summed E-state index contributed by atoms with van der Waals surface area (Å²) in [5, 5.41) is 12.1. The SMILES string of the molecule is CSCCCNCCC(C)(C)C#N. The zero-order chi connectivity index (χ0) is 10.2. The van der Waals surface area contributed by atoms with Gasteiger partial charge in [0.25, 0.3) is 0 Å². The van der Waals surface area contributed by atoms with E-state index in [1.54, 1.807) is 0 Å². The Morgan fingerprint density at radius 1 is 1.38 bits per heavy atom. The van der Waals surface area contributed by atoms with Crippen molar-refractivity contribution in [3.8, 4) is 6.07 Å². The van der Waals surface area contributed by atoms with Crippen LogP contribution in [0.25, 0.3) is 0 Å². The van der Waals surface area contributed by atoms with Crippen LogP contribution in [-0.4, -0.2) is 25.1 Å². The summed E-state index contributed by atoms with van der Waals surface area (Å²) in [6, 6.07) is 2.30. The lowest BCUT2D eigenvalue weighted by atomic mass is 9.91. The van der Waals surface area contributed by atoms with E-state index in [1.165, 1.54) is 12.2 Å². The van der Waals surface area contributed by atoms with E-state index in [2.05, 4.69) is 17.6 Å². The summed E-state index contributed by atoms with van der Waals surface area (Å²) in [6.45, 7) is 5.99. The number of hydrogen-bond acceptors (Lipinski definition) is 3. The number of hydrogen-bond donors (Lipinski definition) is 1. The van der Waals surface area contributed by atoms with Crippen LogP contribution >= 0.6 is 11.8 Å². The second kappa shape index (κ2) is 7.23. The standard InChI is InChI=1S/C10H20N2S/c1-10(2,9-11)5-7-12-6-4-8-13-3/h12H,4-8H2,1-3H3. The lowest BCUT2D eigenvalue weighted by Crippen LogP contribution is -2.22. The Balaban J connectivity index is 3.22. The Morgan fingerprint density at radius 3 is 2.62 bits per heavy atom. The fraction of sp³-hybridized carbons (Fsp3) is 0.900. The molecular weight excluding hydrogens is 180 g/mol. The summed E-state index contributed by atoms with van der Waals surface area (Å²) < 4.78 is 0. The van der Waals surface area contributed by atoms with Crippen LogP contribution in [0.2, 0.25) is 0 Å². The van der Waals surface area contributed by atoms with Gasteiger partial charge < -0.3 is 5.32 Å². The molecule has 1 N–H and O–H groups in total. The van der Waals surface area contributed by atoms with E-state index >= 15 is 0 Å². The number of nitrogens with one attached hydrogen (secondary N) is 1. The van der Waals surface area contributed by atoms with Gasteiger partial charge in [-0.1, -0.05) is 0 Å². The predicted octanol–water partition coefficient (Wildman–Crippen LogP) is 2.27. The topological polar surface area (TPSA) is 35.8 Å². The fourth-order valence-corrected chi connectivity index (χ4v) is 1.36. The van der Waals surface area contributed by atoms with Gasteiger partial charge in [-0.25, -0.2) is 0 Å². The molecule has 0 unspecified atom stereocenters. The minimum absolute atomic E-state index is 0.174. The Morgan fingerprint density at radius 2 is 2.08 bits per heavy atom. The first-order valence-electron chi connectivity index (χ1n) is 4.73. The third-order valence-corrected chi connectivity index (χ3v) is 2.63. The van der Waals surface area contributed by atoms with Crippen molar-refractivity contribution in [1.82, 2.24) is 5.32 Å². The van der Waals surface area contributed by atoms with Gasteiger partial charge in [-0.2, -0.15) is 17.0 Å². The Labute approximate surface area is 86.1 Å². The van der Waals surface area contributed by atoms with E-state index in [1.807, 2.05) is 25.6 Å². The summed E-state index contributed by atoms with van der Waals surface area (Å²) in [6.07, 6.45) is 4.27. The summed E-state index contributed by atoms with van der Waals surface area (Å²) >= 11 is 1.88. The molecular formula is C10H20N2S. The van der Waals surface area contributed by atoms with E-state index in [0.29, 0.717) is 0 Å². The van der Waals surface area contributed by atoms with Gasteiger partial charge in [-0.3, -0.25) is 0 Å². The van der Waals surface area contributed by atoms with Crippen molar-refractivity contribution < 1.29 is 0 Å². The van der Waals surface area contributed by atoms with Gasteiger partial charge >= 0.3 is 0 Å². The highest BCUT2D eigenvalue weighted by Gasteiger charge is 2.14. The molecule has 0 saturated heterocycles. The van der Waals surface area contributed by atoms with Crippen molar-refractivity contribution in [2.24, 2.45) is 5.41 Å². The minimum Gasteiger partial charge on any atom is -0.317 e. The first-order chi connectivity index (χ1) is 6.12. The maximum atomic E-state index is 8.75. The molecule has 0 aromatic carbocycles. The Hall–Kier alpha value is -0.200. The van der Waals surface area contributed by atoms with Crippen LogP contribution in [-0.2, 0) is 0 Å². The second-order valence-corrected chi connectivity index (χ2v) is 4.83. The predicted molar refractivity (Wildman–Crippen MR) is 59.9 cm³/mol. The van der Waals surface area contributed by atoms with Crippen molar-refractivity contribution in [2.45, 2.75) is 26.7 Å². The van der Waals surface area contributed by atoms with Gasteiger partial charge in [0.15, 0.2) is 0 Å². The van der Waals surface area contributed by atoms with E-state index in [0.717, 1.165) is 19.5 Å². The van der Waals surface area contributed by atoms with Gasteiger partial charge in [0.2, 0.25) is 0 Å². The highest BCUT2D eigenvalue weighted by molar-refractivity contribution is 7.98. The maximum Gasteiger partial charge on any atom is 0.0684 e. The Bertz CT molecular complexity index is 161. The Kier molecular flexibility index (Phi) is 7.12. The molecule has 0 aromatic rings. The fourth-order valence-electron chi connectivity index (χ4n) is 0.923. The van der Waals surface area contributed by atoms with Gasteiger partial charge in [-0.05, 0) is 51.8 Å². The quantitative estimate of drug-likeness (QED) is 0.640. The molecule has 0 radical (unpaired) electrons. The molecule has 0 aromatic heterocycles. The van der Waals surface area contributed by atoms with Gasteiger partial charge in [0.1, 0.15) is 0 Å². The van der Waals surface area contributed by atoms with E-state index in [4.69, 9.17) is 5.26 Å². The zero-order valence-electron chi connectivity index (χ0n) is 8.89. The first-order valence-corrected chi connectivity index (χ1v) is 6.13. The number of rotatable bonds is 7. The van der Waals surface area contributed by atoms with Gasteiger partial charge in [-0.15, -0.1) is 0 Å². The summed E-state index contributed by atoms with van der Waals surface area (Å²) in [7, 11) is 0. The molecule has 0 aliphatic rings. The lowest BCUT2D eigenvalue weighted by molar-refractivity contribution is 0.433. The van der Waals surface area contributed by atoms with Gasteiger partial charge in [0.05, 0.1) is 11.5 Å². The minimum atomic E-state index is -0.174. The van der Waals surface area contributed by atoms with Crippen LogP contribution in [0.5, 0.6) is 0 Å². The third kappa shape index (κ3) is 8.14. The van der Waals surface area contributed by atoms with Crippen molar-refractivity contribution in [2.75, 3.05) is 25.1 Å². The first kappa shape index (κ1) is 12.8. The van der Waals surface area contributed by atoms with Crippen LogP contribution in [0.15, 0.2) is 0 Å². The molecule has 0 rings (SSSR count). The molecule has 13 heavy (non-hydrogen) atoms. The second-order valence-electron chi connectivity index (χ2n) is 3.84. The largest absolute Gasteiger partial charge is 0.317 e. The third-order valence-electron chi connectivity index (χ3n) is 1.93. The van der Waals surface area contributed by atoms with Crippen molar-refractivity contribution in [3.05, 3.63) is 0 Å². The van der Waals surface area contributed by atoms with Crippen LogP contribution in [0.1, 0.15) is 26.7 Å². The van der Waals surface area contributed by atoms with E-state index in [-0.39, 0.29) is 5.41 Å². The van der Waals surface area contributed by atoms with Crippen LogP contribution < -0.4 is 5.32 Å². The molecule has 0 bridgehead atoms. The number of thioether (sulfide) groups is 1. The van der Waals surface area contributed by atoms with Crippen molar-refractivity contribution >= 4 is 11.8 Å². The normalized spacial score (nSPS) is 11.2. The highest BCUT2D eigenvalue weighted by Crippen LogP contribution is 2.16. The summed E-state index contributed by atoms with van der Waals surface area (Å²) in [5.41, 5.74) is -0.174. The molecule has 0 heterocycles. The number of nitrogens with zero attached hydrogens (tertiary/aromatic N) is 1. The van der Waals surface area contributed by atoms with Crippen LogP contribution in [0.3, 0.4) is 0 Å². The average molecular weight is 200 g/mol. The molecule has 0 saturated carbocycles. The van der Waals surface area contributed by atoms with Crippen LogP contribution in [0.4, 0.5) is 0 Å². The molecule has 3 heteroatoms. The molecule has 0 amide bonds. The van der Waals surface area contributed by atoms with E-state index in [9.17, 15) is 0 Å². The van der Waals surface area contributed by atoms with Gasteiger partial charge in [0, 0.05) is 0 Å². The molecule has 0 aliphatic heterocycles. The average Bonchev–Trinajstić information content (AvgIpc) is 2.11. The molecule has 0 spiro atoms. The zero-order valence-corrected chi connectivity index (χ0v) is 9.71. The molecule has 76 valence electrons. The molecule has 0 aliphatic carbocycles. The van der Waals surface area contributed by atoms with Crippen molar-refractivity contribution in [1.29, 1.82) is 5.26 Å². The van der Waals surface area contributed by atoms with Crippen molar-refractivity contribution in [3.63, 3.8) is 0 Å². The monoisotopic (exact) mass is 200 g/mol. The number of nitriles is 1. The van der Waals surface area contributed by atoms with E-state index < -0.39 is 0 Å². The molecule has 2 nitrogen and oxygen atoms in total. The summed E-state index contributed by atoms with van der Waals surface area (Å²) in [4.78, 5) is 0. The summed E-state index contributed by atoms with van der Waals surface area (Å²) in [5.74, 6) is 1.22. The highest BCUT2D eigenvalue weighted by atomic mass is 32.2.